The van der Waals surface area contributed by atoms with E-state index in [9.17, 15) is 9.90 Å². The van der Waals surface area contributed by atoms with E-state index in [0.717, 1.165) is 80.1 Å². The van der Waals surface area contributed by atoms with Crippen LogP contribution in [-0.2, 0) is 22.5 Å². The second kappa shape index (κ2) is 11.4. The molecule has 1 saturated heterocycles. The number of hydrogen-bond acceptors (Lipinski definition) is 6. The summed E-state index contributed by atoms with van der Waals surface area (Å²) in [5.41, 5.74) is 3.83. The average Bonchev–Trinajstić information content (AvgIpc) is 2.89. The summed E-state index contributed by atoms with van der Waals surface area (Å²) in [5, 5.41) is 10.9. The second-order valence-electron chi connectivity index (χ2n) is 10.4. The van der Waals surface area contributed by atoms with Crippen LogP contribution in [0.25, 0.3) is 0 Å². The van der Waals surface area contributed by atoms with Gasteiger partial charge in [0.2, 0.25) is 0 Å². The molecule has 2 aromatic carbocycles. The highest BCUT2D eigenvalue weighted by Crippen LogP contribution is 2.43. The predicted molar refractivity (Wildman–Crippen MR) is 140 cm³/mol. The molecule has 2 aromatic rings. The van der Waals surface area contributed by atoms with E-state index in [1.165, 1.54) is 12.7 Å². The highest BCUT2D eigenvalue weighted by atomic mass is 35.5. The Hall–Kier alpha value is -2.28. The first-order chi connectivity index (χ1) is 17.5. The molecule has 0 radical (unpaired) electrons. The third-order valence-electron chi connectivity index (χ3n) is 8.09. The van der Waals surface area contributed by atoms with Gasteiger partial charge in [-0.2, -0.15) is 0 Å². The Labute approximate surface area is 218 Å². The van der Waals surface area contributed by atoms with Crippen LogP contribution in [0, 0.1) is 11.8 Å². The molecule has 2 fully saturated rings. The molecular weight excluding hydrogens is 478 g/mol. The van der Waals surface area contributed by atoms with Crippen LogP contribution in [0.5, 0.6) is 5.75 Å². The van der Waals surface area contributed by atoms with E-state index in [1.807, 2.05) is 24.3 Å². The number of anilines is 1. The van der Waals surface area contributed by atoms with Gasteiger partial charge in [0, 0.05) is 24.7 Å². The van der Waals surface area contributed by atoms with Crippen LogP contribution in [0.1, 0.15) is 60.0 Å². The molecule has 1 N–H and O–H groups in total. The van der Waals surface area contributed by atoms with Gasteiger partial charge in [0.1, 0.15) is 12.4 Å². The molecule has 0 aromatic heterocycles. The van der Waals surface area contributed by atoms with Crippen LogP contribution < -0.4 is 9.64 Å². The minimum absolute atomic E-state index is 0.132. The van der Waals surface area contributed by atoms with Crippen molar-refractivity contribution in [2.45, 2.75) is 63.8 Å². The number of hydrogen-bond donors (Lipinski definition) is 1. The fraction of sp³-hybridized carbons (Fsp3) is 0.552. The number of methoxy groups -OCH3 is 1. The van der Waals surface area contributed by atoms with Gasteiger partial charge < -0.3 is 24.2 Å². The van der Waals surface area contributed by atoms with E-state index >= 15 is 0 Å². The molecule has 5 rings (SSSR count). The number of aliphatic hydroxyl groups excluding tert-OH is 1. The van der Waals surface area contributed by atoms with Gasteiger partial charge in [-0.05, 0) is 98.2 Å². The van der Waals surface area contributed by atoms with Crippen LogP contribution >= 0.6 is 11.6 Å². The number of halogens is 1. The molecule has 194 valence electrons. The molecule has 3 aliphatic rings. The summed E-state index contributed by atoms with van der Waals surface area (Å²) in [6.07, 6.45) is 6.64. The number of aryl methyl sites for hydroxylation is 1. The Morgan fingerprint density at radius 2 is 2.03 bits per heavy atom. The van der Waals surface area contributed by atoms with Crippen molar-refractivity contribution in [3.8, 4) is 5.75 Å². The van der Waals surface area contributed by atoms with Gasteiger partial charge in [-0.25, -0.2) is 4.79 Å². The first-order valence-corrected chi connectivity index (χ1v) is 13.6. The van der Waals surface area contributed by atoms with E-state index in [2.05, 4.69) is 11.0 Å². The first kappa shape index (κ1) is 25.4. The largest absolute Gasteiger partial charge is 0.487 e. The number of carbonyl (C=O) groups is 1. The molecule has 1 saturated carbocycles. The Kier molecular flexibility index (Phi) is 8.04. The van der Waals surface area contributed by atoms with Gasteiger partial charge in [-0.3, -0.25) is 0 Å². The van der Waals surface area contributed by atoms with Gasteiger partial charge in [0.05, 0.1) is 30.6 Å². The number of fused-ring (bicyclic) bond motifs is 2. The van der Waals surface area contributed by atoms with Crippen LogP contribution in [0.2, 0.25) is 5.02 Å². The number of benzene rings is 2. The maximum atomic E-state index is 12.4. The van der Waals surface area contributed by atoms with Crippen molar-refractivity contribution < 1.29 is 24.1 Å². The number of nitrogens with zero attached hydrogens (tertiary/aromatic N) is 1. The first-order valence-electron chi connectivity index (χ1n) is 13.2. The third-order valence-corrected chi connectivity index (χ3v) is 8.33. The topological polar surface area (TPSA) is 68.2 Å². The third kappa shape index (κ3) is 5.66. The smallest absolute Gasteiger partial charge is 0.337 e. The van der Waals surface area contributed by atoms with Crippen molar-refractivity contribution in [1.29, 1.82) is 0 Å². The molecule has 0 amide bonds. The highest BCUT2D eigenvalue weighted by molar-refractivity contribution is 6.30. The van der Waals surface area contributed by atoms with E-state index in [0.29, 0.717) is 30.6 Å². The fourth-order valence-corrected chi connectivity index (χ4v) is 6.08. The van der Waals surface area contributed by atoms with Crippen LogP contribution in [0.4, 0.5) is 5.69 Å². The Bertz CT molecular complexity index is 1080. The summed E-state index contributed by atoms with van der Waals surface area (Å²) < 4.78 is 17.5. The van der Waals surface area contributed by atoms with Crippen LogP contribution in [0.15, 0.2) is 36.4 Å². The van der Waals surface area contributed by atoms with Crippen molar-refractivity contribution in [3.05, 3.63) is 58.1 Å². The Morgan fingerprint density at radius 3 is 2.81 bits per heavy atom. The summed E-state index contributed by atoms with van der Waals surface area (Å²) in [6.45, 7) is 2.84. The molecule has 36 heavy (non-hydrogen) atoms. The predicted octanol–water partition coefficient (Wildman–Crippen LogP) is 5.41. The van der Waals surface area contributed by atoms with E-state index in [-0.39, 0.29) is 18.2 Å². The molecule has 4 atom stereocenters. The summed E-state index contributed by atoms with van der Waals surface area (Å²) in [6, 6.07) is 11.6. The van der Waals surface area contributed by atoms with Gasteiger partial charge >= 0.3 is 5.97 Å². The molecule has 2 heterocycles. The van der Waals surface area contributed by atoms with Gasteiger partial charge in [-0.15, -0.1) is 0 Å². The van der Waals surface area contributed by atoms with E-state index < -0.39 is 0 Å². The van der Waals surface area contributed by atoms with Gasteiger partial charge in [-0.1, -0.05) is 17.7 Å². The molecule has 7 heteroatoms. The Balaban J connectivity index is 1.41. The molecule has 6 nitrogen and oxygen atoms in total. The number of esters is 1. The standard InChI is InChI=1S/C29H36ClNO5/c1-34-29(33)20-7-10-27-26(15-20)31(17-21-6-9-25(21)28-16-24(32)11-13-35-28)12-3-2-4-19-14-23(30)8-5-22(19)18-36-27/h5,7-8,10,14-15,21,24-25,28,32H,2-4,6,9,11-13,16-18H2,1H3/t21-,24+,25+,28-/m0/s1. The lowest BCUT2D eigenvalue weighted by atomic mass is 9.68. The maximum absolute atomic E-state index is 12.4. The van der Waals surface area contributed by atoms with E-state index in [4.69, 9.17) is 25.8 Å². The summed E-state index contributed by atoms with van der Waals surface area (Å²) >= 11 is 6.29. The van der Waals surface area contributed by atoms with Crippen LogP contribution in [0.3, 0.4) is 0 Å². The minimum atomic E-state index is -0.349. The lowest BCUT2D eigenvalue weighted by Crippen LogP contribution is -2.47. The lowest BCUT2D eigenvalue weighted by Gasteiger charge is -2.46. The molecule has 2 aliphatic heterocycles. The fourth-order valence-electron chi connectivity index (χ4n) is 5.89. The van der Waals surface area contributed by atoms with Gasteiger partial charge in [0.25, 0.3) is 0 Å². The van der Waals surface area contributed by atoms with Crippen molar-refractivity contribution in [2.24, 2.45) is 11.8 Å². The average molecular weight is 514 g/mol. The summed E-state index contributed by atoms with van der Waals surface area (Å²) in [4.78, 5) is 14.8. The minimum Gasteiger partial charge on any atom is -0.487 e. The second-order valence-corrected chi connectivity index (χ2v) is 10.8. The quantitative estimate of drug-likeness (QED) is 0.551. The molecular formula is C29H36ClNO5. The zero-order valence-corrected chi connectivity index (χ0v) is 21.7. The van der Waals surface area contributed by atoms with Gasteiger partial charge in [0.15, 0.2) is 0 Å². The zero-order chi connectivity index (χ0) is 25.1. The Morgan fingerprint density at radius 1 is 1.14 bits per heavy atom. The lowest BCUT2D eigenvalue weighted by molar-refractivity contribution is -0.101. The number of rotatable bonds is 4. The van der Waals surface area contributed by atoms with E-state index in [1.54, 1.807) is 6.07 Å². The van der Waals surface area contributed by atoms with Crippen molar-refractivity contribution in [2.75, 3.05) is 31.7 Å². The highest BCUT2D eigenvalue weighted by Gasteiger charge is 2.40. The summed E-state index contributed by atoms with van der Waals surface area (Å²) in [5.74, 6) is 1.36. The number of carbonyl (C=O) groups excluding carboxylic acids is 1. The molecule has 0 unspecified atom stereocenters. The monoisotopic (exact) mass is 513 g/mol. The van der Waals surface area contributed by atoms with Crippen molar-refractivity contribution in [3.63, 3.8) is 0 Å². The number of aliphatic hydroxyl groups is 1. The maximum Gasteiger partial charge on any atom is 0.337 e. The summed E-state index contributed by atoms with van der Waals surface area (Å²) in [7, 11) is 1.41. The SMILES string of the molecule is COC(=O)c1ccc2c(c1)N(C[C@@H]1CC[C@H]1[C@@H]1C[C@H](O)CCO1)CCCCc1cc(Cl)ccc1CO2. The van der Waals surface area contributed by atoms with Crippen molar-refractivity contribution >= 4 is 23.3 Å². The van der Waals surface area contributed by atoms with Crippen molar-refractivity contribution in [1.82, 2.24) is 0 Å². The molecule has 0 spiro atoms. The normalized spacial score (nSPS) is 26.5. The van der Waals surface area contributed by atoms with Crippen LogP contribution in [-0.4, -0.2) is 50.1 Å². The molecule has 1 aliphatic carbocycles. The number of ether oxygens (including phenoxy) is 3. The molecule has 0 bridgehead atoms. The zero-order valence-electron chi connectivity index (χ0n) is 21.0.